The van der Waals surface area contributed by atoms with Gasteiger partial charge in [0.05, 0.1) is 0 Å². The molecular formula is C16H34N2. The molecule has 2 heteroatoms. The van der Waals surface area contributed by atoms with Gasteiger partial charge in [0.2, 0.25) is 0 Å². The zero-order chi connectivity index (χ0) is 14.0. The summed E-state index contributed by atoms with van der Waals surface area (Å²) in [5, 5.41) is 3.40. The lowest BCUT2D eigenvalue weighted by atomic mass is 9.75. The molecule has 1 aliphatic rings. The molecule has 1 fully saturated rings. The van der Waals surface area contributed by atoms with E-state index in [1.54, 1.807) is 0 Å². The molecule has 108 valence electrons. The van der Waals surface area contributed by atoms with Crippen LogP contribution in [0.25, 0.3) is 0 Å². The first-order valence-electron chi connectivity index (χ1n) is 7.55. The molecule has 1 aliphatic carbocycles. The van der Waals surface area contributed by atoms with Crippen LogP contribution in [0.4, 0.5) is 0 Å². The van der Waals surface area contributed by atoms with Crippen molar-refractivity contribution in [1.82, 2.24) is 10.2 Å². The third-order valence-corrected chi connectivity index (χ3v) is 5.19. The minimum Gasteiger partial charge on any atom is -0.317 e. The van der Waals surface area contributed by atoms with Crippen molar-refractivity contribution < 1.29 is 0 Å². The molecule has 0 radical (unpaired) electrons. The highest BCUT2D eigenvalue weighted by atomic mass is 15.1. The Morgan fingerprint density at radius 3 is 2.22 bits per heavy atom. The second kappa shape index (κ2) is 5.92. The van der Waals surface area contributed by atoms with E-state index in [1.807, 2.05) is 0 Å². The van der Waals surface area contributed by atoms with Gasteiger partial charge in [0.1, 0.15) is 0 Å². The van der Waals surface area contributed by atoms with Gasteiger partial charge in [-0.25, -0.2) is 0 Å². The molecule has 0 bridgehead atoms. The lowest BCUT2D eigenvalue weighted by molar-refractivity contribution is 0.0836. The molecule has 1 unspecified atom stereocenters. The summed E-state index contributed by atoms with van der Waals surface area (Å²) in [7, 11) is 4.38. The van der Waals surface area contributed by atoms with Crippen molar-refractivity contribution in [1.29, 1.82) is 0 Å². The monoisotopic (exact) mass is 254 g/mol. The van der Waals surface area contributed by atoms with E-state index in [4.69, 9.17) is 0 Å². The third-order valence-electron chi connectivity index (χ3n) is 5.19. The quantitative estimate of drug-likeness (QED) is 0.807. The molecule has 0 aromatic rings. The normalized spacial score (nSPS) is 23.3. The van der Waals surface area contributed by atoms with Gasteiger partial charge >= 0.3 is 0 Å². The Morgan fingerprint density at radius 1 is 1.28 bits per heavy atom. The average molecular weight is 254 g/mol. The molecule has 0 aromatic carbocycles. The van der Waals surface area contributed by atoms with Crippen molar-refractivity contribution in [2.75, 3.05) is 20.6 Å². The molecule has 2 nitrogen and oxygen atoms in total. The Kier molecular flexibility index (Phi) is 5.25. The van der Waals surface area contributed by atoms with Gasteiger partial charge in [-0.05, 0) is 57.5 Å². The van der Waals surface area contributed by atoms with Crippen molar-refractivity contribution in [2.24, 2.45) is 10.8 Å². The van der Waals surface area contributed by atoms with E-state index in [0.29, 0.717) is 16.9 Å². The van der Waals surface area contributed by atoms with Crippen LogP contribution in [-0.4, -0.2) is 37.6 Å². The van der Waals surface area contributed by atoms with Gasteiger partial charge in [0, 0.05) is 18.6 Å². The Hall–Kier alpha value is -0.0800. The number of nitrogens with one attached hydrogen (secondary N) is 1. The molecule has 1 N–H and O–H groups in total. The molecule has 0 amide bonds. The minimum atomic E-state index is 0.330. The lowest BCUT2D eigenvalue weighted by Crippen LogP contribution is -2.48. The minimum absolute atomic E-state index is 0.330. The summed E-state index contributed by atoms with van der Waals surface area (Å²) in [6, 6.07) is 1.35. The van der Waals surface area contributed by atoms with Crippen LogP contribution in [-0.2, 0) is 0 Å². The van der Waals surface area contributed by atoms with E-state index >= 15 is 0 Å². The van der Waals surface area contributed by atoms with Crippen molar-refractivity contribution >= 4 is 0 Å². The average Bonchev–Trinajstić information content (AvgIpc) is 2.26. The Labute approximate surface area is 115 Å². The number of hydrogen-bond donors (Lipinski definition) is 1. The van der Waals surface area contributed by atoms with Crippen molar-refractivity contribution in [3.63, 3.8) is 0 Å². The van der Waals surface area contributed by atoms with Gasteiger partial charge < -0.3 is 10.2 Å². The van der Waals surface area contributed by atoms with E-state index < -0.39 is 0 Å². The smallest absolute Gasteiger partial charge is 0.00991 e. The Morgan fingerprint density at radius 2 is 1.78 bits per heavy atom. The standard InChI is InChI=1S/C16H34N2/c1-13(17-6)16(4,5)12-18(7)14-8-10-15(2,3)11-9-14/h13-14,17H,8-12H2,1-7H3. The summed E-state index contributed by atoms with van der Waals surface area (Å²) in [5.41, 5.74) is 0.904. The van der Waals surface area contributed by atoms with Gasteiger partial charge in [-0.2, -0.15) is 0 Å². The molecule has 18 heavy (non-hydrogen) atoms. The van der Waals surface area contributed by atoms with Gasteiger partial charge in [-0.3, -0.25) is 0 Å². The Balaban J connectivity index is 2.49. The Bertz CT molecular complexity index is 248. The SMILES string of the molecule is CNC(C)C(C)(C)CN(C)C1CCC(C)(C)CC1. The zero-order valence-electron chi connectivity index (χ0n) is 13.6. The fourth-order valence-corrected chi connectivity index (χ4v) is 3.12. The maximum Gasteiger partial charge on any atom is 0.00991 e. The lowest BCUT2D eigenvalue weighted by Gasteiger charge is -2.42. The van der Waals surface area contributed by atoms with Gasteiger partial charge in [0.25, 0.3) is 0 Å². The highest BCUT2D eigenvalue weighted by Gasteiger charge is 2.32. The molecule has 0 heterocycles. The molecular weight excluding hydrogens is 220 g/mol. The summed E-state index contributed by atoms with van der Waals surface area (Å²) in [4.78, 5) is 2.60. The molecule has 0 aromatic heterocycles. The second-order valence-corrected chi connectivity index (χ2v) is 7.81. The summed E-state index contributed by atoms with van der Waals surface area (Å²) >= 11 is 0. The molecule has 1 atom stereocenters. The summed E-state index contributed by atoms with van der Waals surface area (Å²) in [6.07, 6.45) is 5.50. The van der Waals surface area contributed by atoms with Crippen LogP contribution >= 0.6 is 0 Å². The van der Waals surface area contributed by atoms with Gasteiger partial charge in [-0.15, -0.1) is 0 Å². The van der Waals surface area contributed by atoms with E-state index in [9.17, 15) is 0 Å². The van der Waals surface area contributed by atoms with Crippen molar-refractivity contribution in [2.45, 2.75) is 72.4 Å². The van der Waals surface area contributed by atoms with Gasteiger partial charge in [-0.1, -0.05) is 27.7 Å². The molecule has 1 rings (SSSR count). The first-order chi connectivity index (χ1) is 8.18. The highest BCUT2D eigenvalue weighted by molar-refractivity contribution is 4.87. The third kappa shape index (κ3) is 4.24. The van der Waals surface area contributed by atoms with Crippen LogP contribution in [0.5, 0.6) is 0 Å². The van der Waals surface area contributed by atoms with E-state index in [1.165, 1.54) is 32.2 Å². The molecule has 0 aliphatic heterocycles. The van der Waals surface area contributed by atoms with Gasteiger partial charge in [0.15, 0.2) is 0 Å². The number of nitrogens with zero attached hydrogens (tertiary/aromatic N) is 1. The highest BCUT2D eigenvalue weighted by Crippen LogP contribution is 2.37. The zero-order valence-corrected chi connectivity index (χ0v) is 13.6. The van der Waals surface area contributed by atoms with E-state index in [0.717, 1.165) is 6.04 Å². The van der Waals surface area contributed by atoms with Crippen LogP contribution in [0, 0.1) is 10.8 Å². The maximum atomic E-state index is 3.40. The van der Waals surface area contributed by atoms with E-state index in [2.05, 4.69) is 58.9 Å². The maximum absolute atomic E-state index is 3.40. The topological polar surface area (TPSA) is 15.3 Å². The predicted molar refractivity (Wildman–Crippen MR) is 81.0 cm³/mol. The summed E-state index contributed by atoms with van der Waals surface area (Å²) in [5.74, 6) is 0. The van der Waals surface area contributed by atoms with Crippen molar-refractivity contribution in [3.8, 4) is 0 Å². The van der Waals surface area contributed by atoms with Crippen LogP contribution in [0.1, 0.15) is 60.3 Å². The van der Waals surface area contributed by atoms with Crippen molar-refractivity contribution in [3.05, 3.63) is 0 Å². The number of hydrogen-bond acceptors (Lipinski definition) is 2. The largest absolute Gasteiger partial charge is 0.317 e. The van der Waals surface area contributed by atoms with Crippen LogP contribution in [0.15, 0.2) is 0 Å². The summed E-state index contributed by atoms with van der Waals surface area (Å²) in [6.45, 7) is 13.0. The molecule has 1 saturated carbocycles. The predicted octanol–water partition coefficient (Wildman–Crippen LogP) is 3.52. The first kappa shape index (κ1) is 16.0. The fourth-order valence-electron chi connectivity index (χ4n) is 3.12. The van der Waals surface area contributed by atoms with Crippen LogP contribution < -0.4 is 5.32 Å². The second-order valence-electron chi connectivity index (χ2n) is 7.81. The van der Waals surface area contributed by atoms with E-state index in [-0.39, 0.29) is 0 Å². The molecule has 0 spiro atoms. The fraction of sp³-hybridized carbons (Fsp3) is 1.00. The number of rotatable bonds is 5. The van der Waals surface area contributed by atoms with Crippen LogP contribution in [0.3, 0.4) is 0 Å². The molecule has 0 saturated heterocycles. The van der Waals surface area contributed by atoms with Crippen LogP contribution in [0.2, 0.25) is 0 Å². The summed E-state index contributed by atoms with van der Waals surface area (Å²) < 4.78 is 0. The first-order valence-corrected chi connectivity index (χ1v) is 7.55.